The summed E-state index contributed by atoms with van der Waals surface area (Å²) in [4.78, 5) is 14.0. The number of hydrogen-bond acceptors (Lipinski definition) is 7. The molecule has 2 aromatic rings. The van der Waals surface area contributed by atoms with Gasteiger partial charge in [0.2, 0.25) is 21.9 Å². The summed E-state index contributed by atoms with van der Waals surface area (Å²) in [6, 6.07) is 8.18. The van der Waals surface area contributed by atoms with Crippen molar-refractivity contribution in [1.82, 2.24) is 19.3 Å². The largest absolute Gasteiger partial charge is 0.368 e. The molecular weight excluding hydrogens is 304 g/mol. The van der Waals surface area contributed by atoms with Crippen LogP contribution in [0.25, 0.3) is 0 Å². The number of aromatic nitrogens is 3. The molecule has 22 heavy (non-hydrogen) atoms. The van der Waals surface area contributed by atoms with E-state index in [9.17, 15) is 8.42 Å². The monoisotopic (exact) mass is 322 g/mol. The third-order valence-corrected chi connectivity index (χ3v) is 4.72. The highest BCUT2D eigenvalue weighted by molar-refractivity contribution is 7.89. The molecule has 0 fully saturated rings. The Bertz CT molecular complexity index is 748. The van der Waals surface area contributed by atoms with E-state index in [1.807, 2.05) is 0 Å². The Kier molecular flexibility index (Phi) is 4.57. The van der Waals surface area contributed by atoms with E-state index in [-0.39, 0.29) is 17.4 Å². The molecule has 8 nitrogen and oxygen atoms in total. The SMILES string of the molecule is CN(C)c1nc(N)nc(CN(C)S(=O)(=O)c2ccccc2)n1. The lowest BCUT2D eigenvalue weighted by Gasteiger charge is -2.17. The molecule has 0 bridgehead atoms. The highest BCUT2D eigenvalue weighted by Gasteiger charge is 2.22. The lowest BCUT2D eigenvalue weighted by atomic mass is 10.4. The number of sulfonamides is 1. The number of nitrogens with two attached hydrogens (primary N) is 1. The topological polar surface area (TPSA) is 105 Å². The van der Waals surface area contributed by atoms with E-state index in [4.69, 9.17) is 5.73 Å². The van der Waals surface area contributed by atoms with Crippen LogP contribution in [0.15, 0.2) is 35.2 Å². The van der Waals surface area contributed by atoms with Crippen molar-refractivity contribution < 1.29 is 8.42 Å². The Morgan fingerprint density at radius 3 is 2.27 bits per heavy atom. The molecule has 0 unspecified atom stereocenters. The van der Waals surface area contributed by atoms with Crippen molar-refractivity contribution in [3.05, 3.63) is 36.2 Å². The summed E-state index contributed by atoms with van der Waals surface area (Å²) in [6.07, 6.45) is 0. The first-order valence-corrected chi connectivity index (χ1v) is 7.94. The Hall–Kier alpha value is -2.26. The highest BCUT2D eigenvalue weighted by atomic mass is 32.2. The van der Waals surface area contributed by atoms with Gasteiger partial charge in [-0.15, -0.1) is 0 Å². The molecule has 0 amide bonds. The van der Waals surface area contributed by atoms with Crippen LogP contribution < -0.4 is 10.6 Å². The Morgan fingerprint density at radius 2 is 1.68 bits per heavy atom. The first-order valence-electron chi connectivity index (χ1n) is 6.50. The van der Waals surface area contributed by atoms with E-state index in [1.54, 1.807) is 49.3 Å². The minimum atomic E-state index is -3.60. The van der Waals surface area contributed by atoms with Gasteiger partial charge in [0.1, 0.15) is 0 Å². The van der Waals surface area contributed by atoms with E-state index < -0.39 is 10.0 Å². The van der Waals surface area contributed by atoms with Gasteiger partial charge in [0.25, 0.3) is 0 Å². The molecule has 0 radical (unpaired) electrons. The molecule has 0 atom stereocenters. The second-order valence-corrected chi connectivity index (χ2v) is 6.92. The van der Waals surface area contributed by atoms with Gasteiger partial charge in [-0.2, -0.15) is 19.3 Å². The van der Waals surface area contributed by atoms with Crippen LogP contribution in [0, 0.1) is 0 Å². The number of benzene rings is 1. The number of nitrogens with zero attached hydrogens (tertiary/aromatic N) is 5. The number of nitrogen functional groups attached to an aromatic ring is 1. The average Bonchev–Trinajstić information content (AvgIpc) is 2.47. The van der Waals surface area contributed by atoms with Gasteiger partial charge in [-0.1, -0.05) is 18.2 Å². The first-order chi connectivity index (χ1) is 10.3. The number of rotatable bonds is 5. The highest BCUT2D eigenvalue weighted by Crippen LogP contribution is 2.16. The predicted octanol–water partition coefficient (Wildman–Crippen LogP) is 0.341. The maximum atomic E-state index is 12.5. The smallest absolute Gasteiger partial charge is 0.243 e. The van der Waals surface area contributed by atoms with Crippen LogP contribution in [-0.4, -0.2) is 48.8 Å². The van der Waals surface area contributed by atoms with Crippen molar-refractivity contribution in [3.63, 3.8) is 0 Å². The molecule has 2 N–H and O–H groups in total. The summed E-state index contributed by atoms with van der Waals surface area (Å²) in [5.41, 5.74) is 5.64. The van der Waals surface area contributed by atoms with Gasteiger partial charge in [0, 0.05) is 21.1 Å². The van der Waals surface area contributed by atoms with Crippen molar-refractivity contribution in [2.45, 2.75) is 11.4 Å². The summed E-state index contributed by atoms with van der Waals surface area (Å²) < 4.78 is 26.1. The van der Waals surface area contributed by atoms with Crippen LogP contribution in [0.1, 0.15) is 5.82 Å². The molecule has 0 aliphatic carbocycles. The zero-order valence-corrected chi connectivity index (χ0v) is 13.4. The Labute approximate surface area is 129 Å². The number of hydrogen-bond donors (Lipinski definition) is 1. The fourth-order valence-corrected chi connectivity index (χ4v) is 2.90. The van der Waals surface area contributed by atoms with Crippen molar-refractivity contribution in [3.8, 4) is 0 Å². The van der Waals surface area contributed by atoms with E-state index in [2.05, 4.69) is 15.0 Å². The lowest BCUT2D eigenvalue weighted by molar-refractivity contribution is 0.456. The first kappa shape index (κ1) is 16.1. The average molecular weight is 322 g/mol. The van der Waals surface area contributed by atoms with Crippen molar-refractivity contribution in [1.29, 1.82) is 0 Å². The summed E-state index contributed by atoms with van der Waals surface area (Å²) in [5.74, 6) is 0.727. The zero-order chi connectivity index (χ0) is 16.3. The molecule has 0 aliphatic heterocycles. The maximum absolute atomic E-state index is 12.5. The van der Waals surface area contributed by atoms with Gasteiger partial charge >= 0.3 is 0 Å². The van der Waals surface area contributed by atoms with E-state index in [1.165, 1.54) is 11.4 Å². The second-order valence-electron chi connectivity index (χ2n) is 4.88. The second kappa shape index (κ2) is 6.24. The van der Waals surface area contributed by atoms with E-state index >= 15 is 0 Å². The molecule has 1 aromatic carbocycles. The van der Waals surface area contributed by atoms with Gasteiger partial charge in [-0.3, -0.25) is 0 Å². The molecular formula is C13H18N6O2S. The molecule has 118 valence electrons. The van der Waals surface area contributed by atoms with E-state index in [0.29, 0.717) is 11.8 Å². The van der Waals surface area contributed by atoms with E-state index in [0.717, 1.165) is 0 Å². The molecule has 9 heteroatoms. The summed E-state index contributed by atoms with van der Waals surface area (Å²) in [6.45, 7) is 0.00475. The van der Waals surface area contributed by atoms with Gasteiger partial charge in [-0.25, -0.2) is 8.42 Å². The summed E-state index contributed by atoms with van der Waals surface area (Å²) in [5, 5.41) is 0. The van der Waals surface area contributed by atoms with Crippen LogP contribution >= 0.6 is 0 Å². The third kappa shape index (κ3) is 3.49. The number of anilines is 2. The Balaban J connectivity index is 2.27. The van der Waals surface area contributed by atoms with Crippen LogP contribution in [0.5, 0.6) is 0 Å². The zero-order valence-electron chi connectivity index (χ0n) is 12.6. The van der Waals surface area contributed by atoms with Gasteiger partial charge in [0.15, 0.2) is 5.82 Å². The van der Waals surface area contributed by atoms with Crippen LogP contribution in [-0.2, 0) is 16.6 Å². The minimum Gasteiger partial charge on any atom is -0.368 e. The van der Waals surface area contributed by atoms with Gasteiger partial charge < -0.3 is 10.6 Å². The molecule has 1 heterocycles. The normalized spacial score (nSPS) is 11.6. The Morgan fingerprint density at radius 1 is 1.05 bits per heavy atom. The van der Waals surface area contributed by atoms with Crippen molar-refractivity contribution in [2.75, 3.05) is 31.8 Å². The predicted molar refractivity (Wildman–Crippen MR) is 83.7 cm³/mol. The quantitative estimate of drug-likeness (QED) is 0.846. The van der Waals surface area contributed by atoms with Crippen molar-refractivity contribution >= 4 is 21.9 Å². The third-order valence-electron chi connectivity index (χ3n) is 2.90. The maximum Gasteiger partial charge on any atom is 0.243 e. The summed E-state index contributed by atoms with van der Waals surface area (Å²) >= 11 is 0. The summed E-state index contributed by atoms with van der Waals surface area (Å²) in [7, 11) is 1.40. The standard InChI is InChI=1S/C13H18N6O2S/c1-18(2)13-16-11(15-12(14)17-13)9-19(3)22(20,21)10-7-5-4-6-8-10/h4-8H,9H2,1-3H3,(H2,14,15,16,17). The molecule has 1 aromatic heterocycles. The molecule has 0 aliphatic rings. The molecule has 2 rings (SSSR count). The van der Waals surface area contributed by atoms with Gasteiger partial charge in [-0.05, 0) is 12.1 Å². The lowest BCUT2D eigenvalue weighted by Crippen LogP contribution is -2.28. The van der Waals surface area contributed by atoms with Crippen LogP contribution in [0.3, 0.4) is 0 Å². The molecule has 0 spiro atoms. The fraction of sp³-hybridized carbons (Fsp3) is 0.308. The van der Waals surface area contributed by atoms with Crippen LogP contribution in [0.2, 0.25) is 0 Å². The van der Waals surface area contributed by atoms with Crippen LogP contribution in [0.4, 0.5) is 11.9 Å². The van der Waals surface area contributed by atoms with Crippen molar-refractivity contribution in [2.24, 2.45) is 0 Å². The fourth-order valence-electron chi connectivity index (χ4n) is 1.75. The van der Waals surface area contributed by atoms with Gasteiger partial charge in [0.05, 0.1) is 11.4 Å². The molecule has 0 saturated heterocycles. The molecule has 0 saturated carbocycles. The minimum absolute atomic E-state index is 0.00475.